The van der Waals surface area contributed by atoms with Crippen molar-refractivity contribution < 1.29 is 39.6 Å². The number of thiophene rings is 7. The minimum Gasteiger partial charge on any atom is -0.481 e. The van der Waals surface area contributed by atoms with Crippen molar-refractivity contribution in [2.45, 2.75) is 25.7 Å². The van der Waals surface area contributed by atoms with Gasteiger partial charge in [0, 0.05) is 58.5 Å². The van der Waals surface area contributed by atoms with Crippen LogP contribution in [0.5, 0.6) is 0 Å². The molecule has 0 saturated carbocycles. The first-order valence-corrected chi connectivity index (χ1v) is 20.9. The van der Waals surface area contributed by atoms with Gasteiger partial charge in [-0.3, -0.25) is 19.2 Å². The summed E-state index contributed by atoms with van der Waals surface area (Å²) in [6.07, 6.45) is -0.426. The predicted molar refractivity (Wildman–Crippen MR) is 210 cm³/mol. The first-order valence-electron chi connectivity index (χ1n) is 15.1. The highest BCUT2D eigenvalue weighted by molar-refractivity contribution is 7.31. The predicted octanol–water partition coefficient (Wildman–Crippen LogP) is 10.6. The third kappa shape index (κ3) is 7.70. The van der Waals surface area contributed by atoms with E-state index in [-0.39, 0.29) is 25.7 Å². The number of carboxylic acid groups (broad SMARTS) is 4. The van der Waals surface area contributed by atoms with Gasteiger partial charge in [-0.2, -0.15) is 0 Å². The number of carboxylic acids is 4. The van der Waals surface area contributed by atoms with Gasteiger partial charge in [0.25, 0.3) is 0 Å². The molecule has 0 aliphatic rings. The number of rotatable bonds is 14. The fourth-order valence-corrected chi connectivity index (χ4v) is 13.6. The van der Waals surface area contributed by atoms with Gasteiger partial charge in [0.2, 0.25) is 0 Å². The Hall–Kier alpha value is -4.22. The van der Waals surface area contributed by atoms with Crippen molar-refractivity contribution in [2.24, 2.45) is 0 Å². The summed E-state index contributed by atoms with van der Waals surface area (Å²) in [5.41, 5.74) is 2.90. The summed E-state index contributed by atoms with van der Waals surface area (Å²) in [6, 6.07) is 19.3. The van der Waals surface area contributed by atoms with Crippen LogP contribution in [-0.4, -0.2) is 44.3 Å². The van der Waals surface area contributed by atoms with E-state index in [1.807, 2.05) is 71.4 Å². The molecule has 7 heterocycles. The largest absolute Gasteiger partial charge is 0.481 e. The SMILES string of the molecule is O=C(O)Cc1ccsc1-c1ccc(-c2cc(CC(=O)O)c(-c3ccc(-c4sc(-c5ccc(-c6sccc6CC(=O)O)s5)cc4CC(=O)O)s3)s2)s1. The van der Waals surface area contributed by atoms with Gasteiger partial charge in [-0.05, 0) is 93.7 Å². The van der Waals surface area contributed by atoms with Crippen molar-refractivity contribution in [1.29, 1.82) is 0 Å². The standard InChI is InChI=1S/C36H24O8S7/c37-29(38)13-17-7-9-45-33(17)23-3-1-21(47-23)27-11-19(15-31(41)42)35(50-27)25-5-6-26(49-25)36-20(16-32(43)44)12-28(51-36)22-2-4-24(48-22)34-18(8-10-46-34)14-30(39)40/h1-12H,13-16H2,(H,37,38)(H,39,40)(H,41,42)(H,43,44). The van der Waals surface area contributed by atoms with Crippen molar-refractivity contribution >= 4 is 103 Å². The van der Waals surface area contributed by atoms with Crippen molar-refractivity contribution in [3.63, 3.8) is 0 Å². The molecule has 0 bridgehead atoms. The lowest BCUT2D eigenvalue weighted by molar-refractivity contribution is -0.137. The van der Waals surface area contributed by atoms with Gasteiger partial charge in [0.05, 0.1) is 25.7 Å². The molecule has 4 N–H and O–H groups in total. The van der Waals surface area contributed by atoms with E-state index in [1.54, 1.807) is 22.7 Å². The third-order valence-corrected chi connectivity index (χ3v) is 16.3. The monoisotopic (exact) mass is 808 g/mol. The van der Waals surface area contributed by atoms with Gasteiger partial charge in [0.1, 0.15) is 0 Å². The smallest absolute Gasteiger partial charge is 0.307 e. The Morgan fingerprint density at radius 2 is 0.686 bits per heavy atom. The molecule has 7 aromatic heterocycles. The molecule has 0 aliphatic carbocycles. The lowest BCUT2D eigenvalue weighted by Gasteiger charge is -1.99. The van der Waals surface area contributed by atoms with Crippen LogP contribution in [0.25, 0.3) is 58.5 Å². The molecule has 7 rings (SSSR count). The Balaban J connectivity index is 1.21. The van der Waals surface area contributed by atoms with Crippen LogP contribution < -0.4 is 0 Å². The molecule has 0 unspecified atom stereocenters. The fraction of sp³-hybridized carbons (Fsp3) is 0.111. The summed E-state index contributed by atoms with van der Waals surface area (Å²) in [6.45, 7) is 0. The van der Waals surface area contributed by atoms with Crippen LogP contribution in [0.4, 0.5) is 0 Å². The third-order valence-electron chi connectivity index (χ3n) is 7.68. The Labute approximate surface area is 318 Å². The molecule has 0 aliphatic heterocycles. The van der Waals surface area contributed by atoms with Crippen molar-refractivity contribution in [3.8, 4) is 58.5 Å². The van der Waals surface area contributed by atoms with Gasteiger partial charge in [-0.15, -0.1) is 79.4 Å². The molecule has 7 aromatic rings. The summed E-state index contributed by atoms with van der Waals surface area (Å²) in [5.74, 6) is -3.67. The van der Waals surface area contributed by atoms with Crippen LogP contribution in [0.1, 0.15) is 22.3 Å². The zero-order valence-corrected chi connectivity index (χ0v) is 31.8. The van der Waals surface area contributed by atoms with Gasteiger partial charge >= 0.3 is 23.9 Å². The van der Waals surface area contributed by atoms with E-state index in [1.165, 1.54) is 56.7 Å². The second-order valence-electron chi connectivity index (χ2n) is 11.3. The van der Waals surface area contributed by atoms with E-state index in [0.29, 0.717) is 11.1 Å². The highest BCUT2D eigenvalue weighted by atomic mass is 32.1. The second kappa shape index (κ2) is 14.8. The van der Waals surface area contributed by atoms with E-state index in [2.05, 4.69) is 0 Å². The Morgan fingerprint density at radius 3 is 1.06 bits per heavy atom. The van der Waals surface area contributed by atoms with Gasteiger partial charge in [0.15, 0.2) is 0 Å². The van der Waals surface area contributed by atoms with Crippen LogP contribution in [0.2, 0.25) is 0 Å². The molecular formula is C36H24O8S7. The Bertz CT molecular complexity index is 2260. The topological polar surface area (TPSA) is 149 Å². The Morgan fingerprint density at radius 1 is 0.373 bits per heavy atom. The van der Waals surface area contributed by atoms with E-state index in [4.69, 9.17) is 0 Å². The van der Waals surface area contributed by atoms with Gasteiger partial charge in [-0.1, -0.05) is 0 Å². The van der Waals surface area contributed by atoms with Crippen LogP contribution in [-0.2, 0) is 44.9 Å². The molecule has 0 atom stereocenters. The van der Waals surface area contributed by atoms with Crippen LogP contribution in [0.3, 0.4) is 0 Å². The molecule has 258 valence electrons. The molecule has 0 saturated heterocycles. The first kappa shape index (κ1) is 35.2. The molecule has 0 fully saturated rings. The zero-order valence-electron chi connectivity index (χ0n) is 26.0. The second-order valence-corrected chi connectivity index (χ2v) is 18.4. The lowest BCUT2D eigenvalue weighted by atomic mass is 10.1. The summed E-state index contributed by atoms with van der Waals surface area (Å²) < 4.78 is 0. The average molecular weight is 809 g/mol. The first-order chi connectivity index (χ1) is 24.5. The maximum Gasteiger partial charge on any atom is 0.307 e. The molecule has 0 amide bonds. The quantitative estimate of drug-likeness (QED) is 0.0848. The van der Waals surface area contributed by atoms with Crippen molar-refractivity contribution in [1.82, 2.24) is 0 Å². The van der Waals surface area contributed by atoms with E-state index in [0.717, 1.165) is 69.7 Å². The highest BCUT2D eigenvalue weighted by Gasteiger charge is 2.22. The summed E-state index contributed by atoms with van der Waals surface area (Å²) >= 11 is 10.6. The number of carbonyl (C=O) groups is 4. The zero-order chi connectivity index (χ0) is 35.8. The van der Waals surface area contributed by atoms with Crippen LogP contribution in [0.15, 0.2) is 71.4 Å². The normalized spacial score (nSPS) is 11.3. The van der Waals surface area contributed by atoms with E-state index >= 15 is 0 Å². The molecular weight excluding hydrogens is 785 g/mol. The average Bonchev–Trinajstić information content (AvgIpc) is 3.89. The van der Waals surface area contributed by atoms with Crippen molar-refractivity contribution in [2.75, 3.05) is 0 Å². The molecule has 0 aromatic carbocycles. The Kier molecular flexibility index (Phi) is 10.2. The highest BCUT2D eigenvalue weighted by Crippen LogP contribution is 2.49. The molecule has 0 spiro atoms. The van der Waals surface area contributed by atoms with Crippen LogP contribution >= 0.6 is 79.4 Å². The fourth-order valence-electron chi connectivity index (χ4n) is 5.58. The van der Waals surface area contributed by atoms with Crippen LogP contribution in [0, 0.1) is 0 Å². The molecule has 51 heavy (non-hydrogen) atoms. The minimum atomic E-state index is -0.944. The minimum absolute atomic E-state index is 0.0580. The van der Waals surface area contributed by atoms with Gasteiger partial charge in [-0.25, -0.2) is 0 Å². The molecule has 15 heteroatoms. The number of hydrogen-bond donors (Lipinski definition) is 4. The number of hydrogen-bond acceptors (Lipinski definition) is 11. The summed E-state index contributed by atoms with van der Waals surface area (Å²) in [5, 5.41) is 41.9. The van der Waals surface area contributed by atoms with E-state index < -0.39 is 23.9 Å². The summed E-state index contributed by atoms with van der Waals surface area (Å²) in [4.78, 5) is 57.5. The van der Waals surface area contributed by atoms with E-state index in [9.17, 15) is 39.6 Å². The van der Waals surface area contributed by atoms with Crippen molar-refractivity contribution in [3.05, 3.63) is 93.7 Å². The van der Waals surface area contributed by atoms with Gasteiger partial charge < -0.3 is 20.4 Å². The maximum atomic E-state index is 11.9. The maximum absolute atomic E-state index is 11.9. The summed E-state index contributed by atoms with van der Waals surface area (Å²) in [7, 11) is 0. The number of aliphatic carboxylic acids is 4. The lowest BCUT2D eigenvalue weighted by Crippen LogP contribution is -1.99. The molecule has 0 radical (unpaired) electrons. The molecule has 8 nitrogen and oxygen atoms in total.